The molecular weight excluding hydrogens is 218 g/mol. The number of imidazole rings is 1. The van der Waals surface area contributed by atoms with Gasteiger partial charge in [0.25, 0.3) is 0 Å². The van der Waals surface area contributed by atoms with Gasteiger partial charge in [-0.3, -0.25) is 0 Å². The number of ether oxygens (including phenoxy) is 1. The molecule has 5 heteroatoms. The number of hydrogen-bond acceptors (Lipinski definition) is 3. The minimum absolute atomic E-state index is 0.298. The quantitative estimate of drug-likeness (QED) is 0.341. The zero-order valence-electron chi connectivity index (χ0n) is 10.8. The molecule has 0 spiro atoms. The first-order chi connectivity index (χ1) is 8.22. The van der Waals surface area contributed by atoms with Crippen molar-refractivity contribution in [1.82, 2.24) is 4.57 Å². The molecule has 1 unspecified atom stereocenters. The third kappa shape index (κ3) is 3.85. The average molecular weight is 240 g/mol. The highest BCUT2D eigenvalue weighted by Gasteiger charge is 2.14. The lowest BCUT2D eigenvalue weighted by molar-refractivity contribution is -0.672. The van der Waals surface area contributed by atoms with Crippen LogP contribution in [-0.4, -0.2) is 22.1 Å². The molecule has 5 nitrogen and oxygen atoms in total. The van der Waals surface area contributed by atoms with Crippen molar-refractivity contribution in [3.05, 3.63) is 18.2 Å². The number of hydrogen-bond donors (Lipinski definition) is 1. The van der Waals surface area contributed by atoms with Crippen molar-refractivity contribution in [3.8, 4) is 0 Å². The van der Waals surface area contributed by atoms with Crippen molar-refractivity contribution in [2.75, 3.05) is 0 Å². The molecule has 1 rings (SSSR count). The van der Waals surface area contributed by atoms with E-state index in [1.54, 1.807) is 0 Å². The number of aromatic nitrogens is 2. The van der Waals surface area contributed by atoms with E-state index in [0.29, 0.717) is 12.8 Å². The van der Waals surface area contributed by atoms with E-state index in [1.165, 1.54) is 6.21 Å². The van der Waals surface area contributed by atoms with E-state index < -0.39 is 0 Å². The van der Waals surface area contributed by atoms with E-state index >= 15 is 0 Å². The van der Waals surface area contributed by atoms with E-state index in [9.17, 15) is 0 Å². The lowest BCUT2D eigenvalue weighted by atomic mass is 10.2. The number of rotatable bonds is 7. The van der Waals surface area contributed by atoms with Crippen molar-refractivity contribution >= 4 is 6.21 Å². The fourth-order valence-corrected chi connectivity index (χ4v) is 1.77. The summed E-state index contributed by atoms with van der Waals surface area (Å²) in [4.78, 5) is 0. The summed E-state index contributed by atoms with van der Waals surface area (Å²) in [5.41, 5.74) is 0. The van der Waals surface area contributed by atoms with Gasteiger partial charge < -0.3 is 9.94 Å². The molecule has 0 saturated carbocycles. The van der Waals surface area contributed by atoms with Crippen LogP contribution in [0.3, 0.4) is 0 Å². The smallest absolute Gasteiger partial charge is 0.305 e. The summed E-state index contributed by atoms with van der Waals surface area (Å²) in [5, 5.41) is 11.7. The van der Waals surface area contributed by atoms with Gasteiger partial charge in [0, 0.05) is 0 Å². The monoisotopic (exact) mass is 240 g/mol. The summed E-state index contributed by atoms with van der Waals surface area (Å²) in [6.45, 7) is 4.78. The lowest BCUT2D eigenvalue weighted by Gasteiger charge is -2.13. The first-order valence-electron chi connectivity index (χ1n) is 6.06. The van der Waals surface area contributed by atoms with Gasteiger partial charge in [0.1, 0.15) is 12.4 Å². The third-order valence-corrected chi connectivity index (χ3v) is 2.81. The maximum absolute atomic E-state index is 8.60. The Hall–Kier alpha value is -1.36. The molecule has 1 N–H and O–H groups in total. The van der Waals surface area contributed by atoms with Gasteiger partial charge in [-0.2, -0.15) is 0 Å². The molecule has 0 fully saturated rings. The van der Waals surface area contributed by atoms with Gasteiger partial charge in [0.05, 0.1) is 13.2 Å². The van der Waals surface area contributed by atoms with Gasteiger partial charge in [0.15, 0.2) is 12.9 Å². The van der Waals surface area contributed by atoms with Crippen LogP contribution in [0.5, 0.6) is 0 Å². The molecule has 0 aliphatic rings. The predicted octanol–water partition coefficient (Wildman–Crippen LogP) is 1.67. The van der Waals surface area contributed by atoms with Crippen LogP contribution < -0.4 is 4.57 Å². The third-order valence-electron chi connectivity index (χ3n) is 2.81. The minimum atomic E-state index is 0.298. The molecule has 17 heavy (non-hydrogen) atoms. The number of nitrogens with zero attached hydrogens (tertiary/aromatic N) is 3. The summed E-state index contributed by atoms with van der Waals surface area (Å²) in [6, 6.07) is 0. The van der Waals surface area contributed by atoms with E-state index in [-0.39, 0.29) is 0 Å². The SMILES string of the molecule is CCCC(CC)OCn1cc[n+](C)c1/C=N\O. The van der Waals surface area contributed by atoms with Crippen molar-refractivity contribution in [1.29, 1.82) is 0 Å². The largest absolute Gasteiger partial charge is 0.411 e. The van der Waals surface area contributed by atoms with Gasteiger partial charge in [-0.1, -0.05) is 25.4 Å². The second-order valence-corrected chi connectivity index (χ2v) is 4.10. The van der Waals surface area contributed by atoms with Crippen LogP contribution in [0.15, 0.2) is 17.5 Å². The molecule has 0 aromatic carbocycles. The topological polar surface area (TPSA) is 50.6 Å². The Morgan fingerprint density at radius 1 is 1.59 bits per heavy atom. The average Bonchev–Trinajstić information content (AvgIpc) is 2.67. The fraction of sp³-hybridized carbons (Fsp3) is 0.667. The van der Waals surface area contributed by atoms with Gasteiger partial charge >= 0.3 is 5.82 Å². The fourth-order valence-electron chi connectivity index (χ4n) is 1.77. The Kier molecular flexibility index (Phi) is 5.69. The normalized spacial score (nSPS) is 13.4. The highest BCUT2D eigenvalue weighted by atomic mass is 16.5. The summed E-state index contributed by atoms with van der Waals surface area (Å²) in [6.07, 6.45) is 8.74. The maximum Gasteiger partial charge on any atom is 0.305 e. The Morgan fingerprint density at radius 2 is 2.35 bits per heavy atom. The van der Waals surface area contributed by atoms with Crippen LogP contribution in [-0.2, 0) is 18.5 Å². The van der Waals surface area contributed by atoms with Gasteiger partial charge in [-0.05, 0) is 12.8 Å². The van der Waals surface area contributed by atoms with Crippen molar-refractivity contribution in [3.63, 3.8) is 0 Å². The standard InChI is InChI=1S/C12H21N3O2/c1-4-6-11(5-2)17-10-15-8-7-14(3)12(15)9-13-16/h7-9,11H,4-6,10H2,1-3H3/p+1. The molecule has 0 aliphatic carbocycles. The minimum Gasteiger partial charge on any atom is -0.411 e. The molecule has 1 aromatic heterocycles. The summed E-state index contributed by atoms with van der Waals surface area (Å²) in [7, 11) is 1.90. The Bertz CT molecular complexity index is 361. The molecule has 1 heterocycles. The summed E-state index contributed by atoms with van der Waals surface area (Å²) >= 11 is 0. The van der Waals surface area contributed by atoms with E-state index in [4.69, 9.17) is 9.94 Å². The highest BCUT2D eigenvalue weighted by Crippen LogP contribution is 2.07. The second kappa shape index (κ2) is 7.06. The summed E-state index contributed by atoms with van der Waals surface area (Å²) < 4.78 is 9.62. The number of oxime groups is 1. The molecule has 0 aliphatic heterocycles. The van der Waals surface area contributed by atoms with E-state index in [1.807, 2.05) is 28.6 Å². The summed E-state index contributed by atoms with van der Waals surface area (Å²) in [5.74, 6) is 0.804. The van der Waals surface area contributed by atoms with Crippen LogP contribution in [0, 0.1) is 0 Å². The van der Waals surface area contributed by atoms with Crippen LogP contribution in [0.4, 0.5) is 0 Å². The predicted molar refractivity (Wildman–Crippen MR) is 65.1 cm³/mol. The zero-order valence-corrected chi connectivity index (χ0v) is 10.8. The first kappa shape index (κ1) is 13.7. The van der Waals surface area contributed by atoms with Crippen LogP contribution in [0.1, 0.15) is 38.9 Å². The Balaban J connectivity index is 2.62. The zero-order chi connectivity index (χ0) is 12.7. The molecule has 0 radical (unpaired) electrons. The van der Waals surface area contributed by atoms with Crippen LogP contribution in [0.25, 0.3) is 0 Å². The molecule has 96 valence electrons. The van der Waals surface area contributed by atoms with Gasteiger partial charge in [-0.15, -0.1) is 0 Å². The highest BCUT2D eigenvalue weighted by molar-refractivity contribution is 5.72. The molecule has 1 aromatic rings. The lowest BCUT2D eigenvalue weighted by Crippen LogP contribution is -2.32. The Morgan fingerprint density at radius 3 is 2.94 bits per heavy atom. The van der Waals surface area contributed by atoms with E-state index in [2.05, 4.69) is 19.0 Å². The molecule has 1 atom stereocenters. The van der Waals surface area contributed by atoms with E-state index in [0.717, 1.165) is 25.1 Å². The first-order valence-corrected chi connectivity index (χ1v) is 6.06. The Labute approximate surface area is 102 Å². The van der Waals surface area contributed by atoms with Crippen molar-refractivity contribution < 1.29 is 14.5 Å². The number of aryl methyl sites for hydroxylation is 1. The molecule has 0 amide bonds. The van der Waals surface area contributed by atoms with Gasteiger partial charge in [-0.25, -0.2) is 9.13 Å². The van der Waals surface area contributed by atoms with Crippen molar-refractivity contribution in [2.45, 2.75) is 45.9 Å². The molecule has 0 saturated heterocycles. The molecular formula is C12H22N3O2+. The van der Waals surface area contributed by atoms with Crippen LogP contribution in [0.2, 0.25) is 0 Å². The van der Waals surface area contributed by atoms with Crippen molar-refractivity contribution in [2.24, 2.45) is 12.2 Å². The maximum atomic E-state index is 8.60. The van der Waals surface area contributed by atoms with Crippen LogP contribution >= 0.6 is 0 Å². The molecule has 0 bridgehead atoms. The second-order valence-electron chi connectivity index (χ2n) is 4.10. The van der Waals surface area contributed by atoms with Gasteiger partial charge in [0.2, 0.25) is 0 Å².